The molecule has 2 aromatic rings. The molecule has 0 bridgehead atoms. The van der Waals surface area contributed by atoms with Crippen LogP contribution in [0.15, 0.2) is 40.9 Å². The van der Waals surface area contributed by atoms with E-state index in [4.69, 9.17) is 14.6 Å². The molecule has 0 saturated heterocycles. The summed E-state index contributed by atoms with van der Waals surface area (Å²) in [6.45, 7) is 4.67. The fraction of sp³-hybridized carbons (Fsp3) is 0.235. The SMILES string of the molecule is CCOc1cc(C(=O)O)cc(Br)c1OCc1ccccc1C. The molecule has 5 heteroatoms. The van der Waals surface area contributed by atoms with Crippen LogP contribution in [0.4, 0.5) is 0 Å². The molecule has 0 atom stereocenters. The summed E-state index contributed by atoms with van der Waals surface area (Å²) in [6.07, 6.45) is 0. The van der Waals surface area contributed by atoms with Crippen molar-refractivity contribution in [1.29, 1.82) is 0 Å². The Morgan fingerprint density at radius 1 is 1.23 bits per heavy atom. The third-order valence-electron chi connectivity index (χ3n) is 3.19. The van der Waals surface area contributed by atoms with E-state index in [0.717, 1.165) is 11.1 Å². The van der Waals surface area contributed by atoms with E-state index in [2.05, 4.69) is 15.9 Å². The second kappa shape index (κ2) is 7.31. The molecule has 0 spiro atoms. The molecule has 0 fully saturated rings. The molecule has 0 aliphatic carbocycles. The van der Waals surface area contributed by atoms with Gasteiger partial charge in [0.25, 0.3) is 0 Å². The van der Waals surface area contributed by atoms with Crippen LogP contribution in [0.25, 0.3) is 0 Å². The number of carbonyl (C=O) groups is 1. The first kappa shape index (κ1) is 16.4. The number of halogens is 1. The van der Waals surface area contributed by atoms with E-state index in [0.29, 0.717) is 29.2 Å². The van der Waals surface area contributed by atoms with Crippen molar-refractivity contribution in [3.05, 3.63) is 57.6 Å². The number of carboxylic acids is 1. The van der Waals surface area contributed by atoms with Crippen molar-refractivity contribution < 1.29 is 19.4 Å². The molecular weight excluding hydrogens is 348 g/mol. The number of hydrogen-bond acceptors (Lipinski definition) is 3. The summed E-state index contributed by atoms with van der Waals surface area (Å²) < 4.78 is 11.9. The molecule has 116 valence electrons. The second-order valence-corrected chi connectivity index (χ2v) is 5.59. The topological polar surface area (TPSA) is 55.8 Å². The highest BCUT2D eigenvalue weighted by Gasteiger charge is 2.15. The van der Waals surface area contributed by atoms with Crippen LogP contribution in [0.1, 0.15) is 28.4 Å². The normalized spacial score (nSPS) is 10.3. The average Bonchev–Trinajstić information content (AvgIpc) is 2.48. The van der Waals surface area contributed by atoms with Crippen LogP contribution in [0.2, 0.25) is 0 Å². The van der Waals surface area contributed by atoms with E-state index in [1.54, 1.807) is 0 Å². The Balaban J connectivity index is 2.29. The lowest BCUT2D eigenvalue weighted by molar-refractivity contribution is 0.0696. The van der Waals surface area contributed by atoms with Gasteiger partial charge in [0.15, 0.2) is 11.5 Å². The first-order chi connectivity index (χ1) is 10.5. The largest absolute Gasteiger partial charge is 0.490 e. The third-order valence-corrected chi connectivity index (χ3v) is 3.78. The van der Waals surface area contributed by atoms with E-state index < -0.39 is 5.97 Å². The predicted molar refractivity (Wildman–Crippen MR) is 87.8 cm³/mol. The van der Waals surface area contributed by atoms with Gasteiger partial charge in [0.1, 0.15) is 6.61 Å². The molecule has 0 unspecified atom stereocenters. The van der Waals surface area contributed by atoms with Crippen molar-refractivity contribution in [1.82, 2.24) is 0 Å². The Kier molecular flexibility index (Phi) is 5.44. The lowest BCUT2D eigenvalue weighted by Crippen LogP contribution is -2.04. The van der Waals surface area contributed by atoms with Gasteiger partial charge in [-0.1, -0.05) is 24.3 Å². The third kappa shape index (κ3) is 3.80. The number of hydrogen-bond donors (Lipinski definition) is 1. The van der Waals surface area contributed by atoms with Crippen molar-refractivity contribution in [3.63, 3.8) is 0 Å². The maximum atomic E-state index is 11.1. The van der Waals surface area contributed by atoms with E-state index >= 15 is 0 Å². The van der Waals surface area contributed by atoms with E-state index in [-0.39, 0.29) is 5.56 Å². The number of aryl methyl sites for hydroxylation is 1. The zero-order valence-corrected chi connectivity index (χ0v) is 14.0. The van der Waals surface area contributed by atoms with Crippen molar-refractivity contribution in [3.8, 4) is 11.5 Å². The molecule has 22 heavy (non-hydrogen) atoms. The molecular formula is C17H17BrO4. The van der Waals surface area contributed by atoms with Gasteiger partial charge in [0, 0.05) is 0 Å². The molecule has 4 nitrogen and oxygen atoms in total. The van der Waals surface area contributed by atoms with Crippen LogP contribution < -0.4 is 9.47 Å². The van der Waals surface area contributed by atoms with Crippen molar-refractivity contribution in [2.45, 2.75) is 20.5 Å². The minimum Gasteiger partial charge on any atom is -0.490 e. The van der Waals surface area contributed by atoms with E-state index in [1.165, 1.54) is 12.1 Å². The van der Waals surface area contributed by atoms with Crippen LogP contribution in [-0.2, 0) is 6.61 Å². The Hall–Kier alpha value is -2.01. The summed E-state index contributed by atoms with van der Waals surface area (Å²) in [5.74, 6) is -0.0786. The zero-order valence-electron chi connectivity index (χ0n) is 12.4. The molecule has 0 amide bonds. The number of ether oxygens (including phenoxy) is 2. The van der Waals surface area contributed by atoms with Crippen molar-refractivity contribution in [2.24, 2.45) is 0 Å². The van der Waals surface area contributed by atoms with Gasteiger partial charge >= 0.3 is 5.97 Å². The lowest BCUT2D eigenvalue weighted by atomic mass is 10.1. The van der Waals surface area contributed by atoms with Gasteiger partial charge in [-0.15, -0.1) is 0 Å². The number of aromatic carboxylic acids is 1. The number of benzene rings is 2. The Labute approximate surface area is 137 Å². The highest BCUT2D eigenvalue weighted by molar-refractivity contribution is 9.10. The highest BCUT2D eigenvalue weighted by atomic mass is 79.9. The summed E-state index contributed by atoms with van der Waals surface area (Å²) in [4.78, 5) is 11.1. The highest BCUT2D eigenvalue weighted by Crippen LogP contribution is 2.37. The first-order valence-electron chi connectivity index (χ1n) is 6.90. The van der Waals surface area contributed by atoms with Gasteiger partial charge < -0.3 is 14.6 Å². The number of carboxylic acid groups (broad SMARTS) is 1. The molecule has 0 aromatic heterocycles. The summed E-state index contributed by atoms with van der Waals surface area (Å²) in [6, 6.07) is 10.9. The quantitative estimate of drug-likeness (QED) is 0.823. The maximum absolute atomic E-state index is 11.1. The summed E-state index contributed by atoms with van der Waals surface area (Å²) in [5.41, 5.74) is 2.36. The Morgan fingerprint density at radius 3 is 2.59 bits per heavy atom. The zero-order chi connectivity index (χ0) is 16.1. The van der Waals surface area contributed by atoms with Gasteiger partial charge in [-0.3, -0.25) is 0 Å². The lowest BCUT2D eigenvalue weighted by Gasteiger charge is -2.15. The smallest absolute Gasteiger partial charge is 0.335 e. The maximum Gasteiger partial charge on any atom is 0.335 e. The molecule has 0 aliphatic rings. The Morgan fingerprint density at radius 2 is 1.95 bits per heavy atom. The minimum atomic E-state index is -1.01. The average molecular weight is 365 g/mol. The fourth-order valence-electron chi connectivity index (χ4n) is 2.02. The monoisotopic (exact) mass is 364 g/mol. The minimum absolute atomic E-state index is 0.151. The Bertz CT molecular complexity index is 682. The molecule has 0 aliphatic heterocycles. The van der Waals surface area contributed by atoms with Crippen LogP contribution in [0.5, 0.6) is 11.5 Å². The fourth-order valence-corrected chi connectivity index (χ4v) is 2.57. The molecule has 2 aromatic carbocycles. The van der Waals surface area contributed by atoms with Gasteiger partial charge in [0.05, 0.1) is 16.6 Å². The number of rotatable bonds is 6. The second-order valence-electron chi connectivity index (χ2n) is 4.74. The van der Waals surface area contributed by atoms with Crippen LogP contribution in [-0.4, -0.2) is 17.7 Å². The van der Waals surface area contributed by atoms with Gasteiger partial charge in [-0.25, -0.2) is 4.79 Å². The summed E-state index contributed by atoms with van der Waals surface area (Å²) in [7, 11) is 0. The first-order valence-corrected chi connectivity index (χ1v) is 7.69. The standard InChI is InChI=1S/C17H17BrO4/c1-3-21-15-9-13(17(19)20)8-14(18)16(15)22-10-12-7-5-4-6-11(12)2/h4-9H,3,10H2,1-2H3,(H,19,20). The van der Waals surface area contributed by atoms with Crippen LogP contribution >= 0.6 is 15.9 Å². The van der Waals surface area contributed by atoms with Crippen LogP contribution in [0.3, 0.4) is 0 Å². The van der Waals surface area contributed by atoms with E-state index in [9.17, 15) is 4.79 Å². The van der Waals surface area contributed by atoms with Gasteiger partial charge in [-0.05, 0) is 53.0 Å². The van der Waals surface area contributed by atoms with E-state index in [1.807, 2.05) is 38.1 Å². The summed E-state index contributed by atoms with van der Waals surface area (Å²) in [5, 5.41) is 9.12. The van der Waals surface area contributed by atoms with Crippen LogP contribution in [0, 0.1) is 6.92 Å². The predicted octanol–water partition coefficient (Wildman–Crippen LogP) is 4.43. The molecule has 2 rings (SSSR count). The van der Waals surface area contributed by atoms with Crippen molar-refractivity contribution in [2.75, 3.05) is 6.61 Å². The molecule has 0 radical (unpaired) electrons. The van der Waals surface area contributed by atoms with Gasteiger partial charge in [-0.2, -0.15) is 0 Å². The molecule has 1 N–H and O–H groups in total. The van der Waals surface area contributed by atoms with Crippen molar-refractivity contribution >= 4 is 21.9 Å². The van der Waals surface area contributed by atoms with Gasteiger partial charge in [0.2, 0.25) is 0 Å². The summed E-state index contributed by atoms with van der Waals surface area (Å²) >= 11 is 3.36. The molecule has 0 heterocycles. The molecule has 0 saturated carbocycles.